The molecule has 0 bridgehead atoms. The van der Waals surface area contributed by atoms with Gasteiger partial charge in [-0.2, -0.15) is 5.10 Å². The second-order valence-electron chi connectivity index (χ2n) is 11.1. The summed E-state index contributed by atoms with van der Waals surface area (Å²) in [4.78, 5) is 15.3. The number of benzene rings is 3. The summed E-state index contributed by atoms with van der Waals surface area (Å²) in [6.07, 6.45) is 0.0347. The molecule has 3 aromatic carbocycles. The first-order valence-electron chi connectivity index (χ1n) is 13.6. The van der Waals surface area contributed by atoms with Crippen LogP contribution in [0.4, 0.5) is 10.2 Å². The van der Waals surface area contributed by atoms with Gasteiger partial charge in [0, 0.05) is 13.1 Å². The van der Waals surface area contributed by atoms with Crippen LogP contribution in [0.25, 0.3) is 10.9 Å². The van der Waals surface area contributed by atoms with Gasteiger partial charge >= 0.3 is 5.97 Å². The number of H-pyrrole nitrogens is 1. The van der Waals surface area contributed by atoms with Crippen LogP contribution in [0.3, 0.4) is 0 Å². The largest absolute Gasteiger partial charge is 0.466 e. The lowest BCUT2D eigenvalue weighted by molar-refractivity contribution is -0.152. The van der Waals surface area contributed by atoms with Gasteiger partial charge in [0.25, 0.3) is 8.32 Å². The van der Waals surface area contributed by atoms with Crippen LogP contribution in [0.15, 0.2) is 78.9 Å². The summed E-state index contributed by atoms with van der Waals surface area (Å²) < 4.78 is 27.9. The fraction of sp³-hybridized carbons (Fsp3) is 0.355. The van der Waals surface area contributed by atoms with Crippen LogP contribution in [-0.2, 0) is 14.0 Å². The molecule has 204 valence electrons. The summed E-state index contributed by atoms with van der Waals surface area (Å²) in [5.41, 5.74) is 0.641. The van der Waals surface area contributed by atoms with E-state index in [-0.39, 0.29) is 16.8 Å². The highest BCUT2D eigenvalue weighted by Crippen LogP contribution is 2.40. The molecule has 2 unspecified atom stereocenters. The number of carbonyl (C=O) groups is 1. The topological polar surface area (TPSA) is 67.5 Å². The number of ether oxygens (including phenoxy) is 1. The van der Waals surface area contributed by atoms with Crippen molar-refractivity contribution in [3.63, 3.8) is 0 Å². The van der Waals surface area contributed by atoms with Crippen molar-refractivity contribution in [3.8, 4) is 0 Å². The molecule has 1 saturated heterocycles. The van der Waals surface area contributed by atoms with Gasteiger partial charge in [-0.3, -0.25) is 9.89 Å². The second-order valence-corrected chi connectivity index (χ2v) is 15.4. The van der Waals surface area contributed by atoms with Crippen molar-refractivity contribution in [2.45, 2.75) is 45.3 Å². The number of aromatic amines is 1. The molecule has 1 aliphatic heterocycles. The van der Waals surface area contributed by atoms with Gasteiger partial charge in [0.15, 0.2) is 5.82 Å². The molecular formula is C31H36FN3O3Si. The number of piperidine rings is 1. The molecule has 4 aromatic rings. The average Bonchev–Trinajstić information content (AvgIpc) is 3.38. The monoisotopic (exact) mass is 545 g/mol. The number of hydrogen-bond acceptors (Lipinski definition) is 5. The number of nitrogens with zero attached hydrogens (tertiary/aromatic N) is 2. The van der Waals surface area contributed by atoms with Crippen LogP contribution < -0.4 is 15.3 Å². The zero-order valence-corrected chi connectivity index (χ0v) is 24.0. The van der Waals surface area contributed by atoms with Gasteiger partial charge in [-0.1, -0.05) is 87.5 Å². The molecule has 1 fully saturated rings. The molecule has 0 saturated carbocycles. The predicted octanol–water partition coefficient (Wildman–Crippen LogP) is 5.04. The summed E-state index contributed by atoms with van der Waals surface area (Å²) in [5.74, 6) is -0.481. The lowest BCUT2D eigenvalue weighted by Crippen LogP contribution is -2.69. The molecular weight excluding hydrogens is 509 g/mol. The van der Waals surface area contributed by atoms with Gasteiger partial charge in [0.1, 0.15) is 5.82 Å². The Kier molecular flexibility index (Phi) is 7.60. The highest BCUT2D eigenvalue weighted by Gasteiger charge is 2.53. The number of nitrogens with one attached hydrogen (secondary N) is 1. The number of aromatic nitrogens is 2. The van der Waals surface area contributed by atoms with Gasteiger partial charge < -0.3 is 14.1 Å². The van der Waals surface area contributed by atoms with E-state index in [2.05, 4.69) is 55.2 Å². The Morgan fingerprint density at radius 3 is 2.26 bits per heavy atom. The Balaban J connectivity index is 1.62. The SMILES string of the molecule is CCOC(=O)C1CCN(c2n[nH]c3cccc(F)c23)CC1O[Si](c1ccccc1)(c1ccccc1)C(C)(C)C. The fourth-order valence-electron chi connectivity index (χ4n) is 5.91. The van der Waals surface area contributed by atoms with Crippen LogP contribution >= 0.6 is 0 Å². The second kappa shape index (κ2) is 10.9. The molecule has 1 aliphatic rings. The van der Waals surface area contributed by atoms with E-state index in [0.717, 1.165) is 10.4 Å². The van der Waals surface area contributed by atoms with Crippen molar-refractivity contribution in [1.82, 2.24) is 10.2 Å². The minimum Gasteiger partial charge on any atom is -0.466 e. The normalized spacial score (nSPS) is 18.3. The summed E-state index contributed by atoms with van der Waals surface area (Å²) in [6, 6.07) is 25.7. The van der Waals surface area contributed by atoms with E-state index in [0.29, 0.717) is 42.8 Å². The van der Waals surface area contributed by atoms with Crippen molar-refractivity contribution < 1.29 is 18.3 Å². The molecule has 1 aromatic heterocycles. The third-order valence-corrected chi connectivity index (χ3v) is 12.8. The van der Waals surface area contributed by atoms with Crippen molar-refractivity contribution >= 4 is 41.4 Å². The molecule has 5 rings (SSSR count). The average molecular weight is 546 g/mol. The first kappa shape index (κ1) is 27.1. The number of carbonyl (C=O) groups excluding carboxylic acids is 1. The maximum absolute atomic E-state index is 14.9. The molecule has 8 heteroatoms. The Morgan fingerprint density at radius 2 is 1.67 bits per heavy atom. The first-order chi connectivity index (χ1) is 18.8. The number of rotatable bonds is 7. The van der Waals surface area contributed by atoms with Gasteiger partial charge in [-0.15, -0.1) is 0 Å². The van der Waals surface area contributed by atoms with Crippen LogP contribution in [0, 0.1) is 11.7 Å². The van der Waals surface area contributed by atoms with Crippen molar-refractivity contribution in [2.75, 3.05) is 24.6 Å². The van der Waals surface area contributed by atoms with Gasteiger partial charge in [0.2, 0.25) is 0 Å². The van der Waals surface area contributed by atoms with Gasteiger partial charge in [0.05, 0.1) is 29.5 Å². The molecule has 2 heterocycles. The van der Waals surface area contributed by atoms with Gasteiger partial charge in [-0.05, 0) is 40.9 Å². The fourth-order valence-corrected chi connectivity index (χ4v) is 10.6. The Labute approximate surface area is 230 Å². The first-order valence-corrected chi connectivity index (χ1v) is 15.5. The summed E-state index contributed by atoms with van der Waals surface area (Å²) in [7, 11) is -2.96. The molecule has 0 radical (unpaired) electrons. The third-order valence-electron chi connectivity index (χ3n) is 7.71. The van der Waals surface area contributed by atoms with Crippen LogP contribution in [0.1, 0.15) is 34.1 Å². The highest BCUT2D eigenvalue weighted by molar-refractivity contribution is 6.99. The molecule has 0 amide bonds. The van der Waals surface area contributed by atoms with Crippen molar-refractivity contribution in [2.24, 2.45) is 5.92 Å². The smallest absolute Gasteiger partial charge is 0.311 e. The molecule has 0 aliphatic carbocycles. The van der Waals surface area contributed by atoms with E-state index in [1.807, 2.05) is 54.3 Å². The van der Waals surface area contributed by atoms with E-state index in [4.69, 9.17) is 9.16 Å². The Morgan fingerprint density at radius 1 is 1.03 bits per heavy atom. The van der Waals surface area contributed by atoms with E-state index in [1.54, 1.807) is 6.07 Å². The van der Waals surface area contributed by atoms with E-state index in [1.165, 1.54) is 6.07 Å². The minimum atomic E-state index is -2.96. The zero-order valence-electron chi connectivity index (χ0n) is 23.0. The molecule has 2 atom stereocenters. The molecule has 39 heavy (non-hydrogen) atoms. The van der Waals surface area contributed by atoms with Crippen LogP contribution in [0.5, 0.6) is 0 Å². The van der Waals surface area contributed by atoms with E-state index >= 15 is 0 Å². The van der Waals surface area contributed by atoms with E-state index in [9.17, 15) is 9.18 Å². The minimum absolute atomic E-state index is 0.252. The Hall–Kier alpha value is -3.49. The zero-order chi connectivity index (χ0) is 27.6. The summed E-state index contributed by atoms with van der Waals surface area (Å²) in [6.45, 7) is 9.71. The molecule has 6 nitrogen and oxygen atoms in total. The quantitative estimate of drug-likeness (QED) is 0.260. The van der Waals surface area contributed by atoms with Crippen LogP contribution in [-0.4, -0.2) is 50.3 Å². The molecule has 1 N–H and O–H groups in total. The standard InChI is InChI=1S/C31H36FN3O3Si/c1-5-37-30(36)24-19-20-35(29-28-25(32)17-12-18-26(28)33-34-29)21-27(24)38-39(31(2,3)4,22-13-8-6-9-14-22)23-15-10-7-11-16-23/h6-18,24,27H,5,19-21H2,1-4H3,(H,33,34). The number of halogens is 1. The maximum Gasteiger partial charge on any atom is 0.311 e. The number of fused-ring (bicyclic) bond motifs is 1. The van der Waals surface area contributed by atoms with Crippen molar-refractivity contribution in [1.29, 1.82) is 0 Å². The van der Waals surface area contributed by atoms with Crippen molar-refractivity contribution in [3.05, 3.63) is 84.7 Å². The number of anilines is 1. The van der Waals surface area contributed by atoms with E-state index < -0.39 is 20.3 Å². The van der Waals surface area contributed by atoms with Crippen LogP contribution in [0.2, 0.25) is 5.04 Å². The Bertz CT molecular complexity index is 1380. The number of hydrogen-bond donors (Lipinski definition) is 1. The molecule has 0 spiro atoms. The highest BCUT2D eigenvalue weighted by atomic mass is 28.4. The third kappa shape index (κ3) is 4.99. The summed E-state index contributed by atoms with van der Waals surface area (Å²) in [5, 5.41) is 9.92. The predicted molar refractivity (Wildman–Crippen MR) is 155 cm³/mol. The van der Waals surface area contributed by atoms with Gasteiger partial charge in [-0.25, -0.2) is 4.39 Å². The lowest BCUT2D eigenvalue weighted by atomic mass is 9.94. The number of esters is 1. The maximum atomic E-state index is 14.9. The lowest BCUT2D eigenvalue weighted by Gasteiger charge is -2.48. The summed E-state index contributed by atoms with van der Waals surface area (Å²) >= 11 is 0.